The van der Waals surface area contributed by atoms with Crippen LogP contribution < -0.4 is 0 Å². The molecule has 1 aromatic carbocycles. The normalized spacial score (nSPS) is 17.1. The van der Waals surface area contributed by atoms with Gasteiger partial charge < -0.3 is 0 Å². The largest absolute Gasteiger partial charge is 0.274 e. The molecular formula is C10H8N2O2. The number of para-hydroxylation sites is 1. The number of rotatable bonds is 2. The third-order valence-electron chi connectivity index (χ3n) is 2.58. The van der Waals surface area contributed by atoms with Crippen molar-refractivity contribution in [2.75, 3.05) is 0 Å². The van der Waals surface area contributed by atoms with Gasteiger partial charge in [-0.2, -0.15) is 5.26 Å². The standard InChI is InChI=1S/C10H8N2O2/c11-7-10(5-6-10)8-3-1-2-4-9(8)12(13)14/h1-4H,5-6H2. The van der Waals surface area contributed by atoms with Crippen LogP contribution in [-0.2, 0) is 5.41 Å². The average Bonchev–Trinajstić information content (AvgIpc) is 2.98. The van der Waals surface area contributed by atoms with Crippen molar-refractivity contribution in [3.8, 4) is 6.07 Å². The van der Waals surface area contributed by atoms with Gasteiger partial charge in [-0.05, 0) is 12.8 Å². The molecule has 4 nitrogen and oxygen atoms in total. The molecule has 1 aromatic rings. The van der Waals surface area contributed by atoms with Gasteiger partial charge in [0, 0.05) is 6.07 Å². The molecule has 0 bridgehead atoms. The van der Waals surface area contributed by atoms with Gasteiger partial charge in [0.05, 0.1) is 22.0 Å². The molecular weight excluding hydrogens is 180 g/mol. The fraction of sp³-hybridized carbons (Fsp3) is 0.300. The van der Waals surface area contributed by atoms with Crippen LogP contribution in [-0.4, -0.2) is 4.92 Å². The Balaban J connectivity index is 2.54. The first-order chi connectivity index (χ1) is 6.69. The third kappa shape index (κ3) is 1.14. The summed E-state index contributed by atoms with van der Waals surface area (Å²) in [5, 5.41) is 19.7. The van der Waals surface area contributed by atoms with Gasteiger partial charge in [0.15, 0.2) is 0 Å². The second kappa shape index (κ2) is 2.81. The number of hydrogen-bond acceptors (Lipinski definition) is 3. The lowest BCUT2D eigenvalue weighted by molar-refractivity contribution is -0.385. The first-order valence-corrected chi connectivity index (χ1v) is 4.35. The van der Waals surface area contributed by atoms with Crippen molar-refractivity contribution < 1.29 is 4.92 Å². The van der Waals surface area contributed by atoms with E-state index in [9.17, 15) is 10.1 Å². The minimum absolute atomic E-state index is 0.0616. The van der Waals surface area contributed by atoms with Crippen LogP contribution in [0.15, 0.2) is 24.3 Å². The molecule has 0 N–H and O–H groups in total. The molecule has 2 rings (SSSR count). The van der Waals surface area contributed by atoms with Crippen molar-refractivity contribution >= 4 is 5.69 Å². The van der Waals surface area contributed by atoms with Crippen LogP contribution in [0.25, 0.3) is 0 Å². The zero-order chi connectivity index (χ0) is 10.2. The van der Waals surface area contributed by atoms with Crippen molar-refractivity contribution in [2.24, 2.45) is 0 Å². The summed E-state index contributed by atoms with van der Waals surface area (Å²) >= 11 is 0. The quantitative estimate of drug-likeness (QED) is 0.527. The molecule has 0 amide bonds. The number of nitro groups is 1. The summed E-state index contributed by atoms with van der Waals surface area (Å²) in [5.41, 5.74) is 0.0444. The van der Waals surface area contributed by atoms with E-state index in [1.165, 1.54) is 6.07 Å². The highest BCUT2D eigenvalue weighted by molar-refractivity contribution is 5.51. The molecule has 0 radical (unpaired) electrons. The number of nitro benzene ring substituents is 1. The molecule has 0 heterocycles. The molecule has 1 saturated carbocycles. The lowest BCUT2D eigenvalue weighted by Gasteiger charge is -2.05. The molecule has 4 heteroatoms. The Hall–Kier alpha value is -1.89. The highest BCUT2D eigenvalue weighted by Gasteiger charge is 2.48. The molecule has 0 unspecified atom stereocenters. The summed E-state index contributed by atoms with van der Waals surface area (Å²) in [7, 11) is 0. The lowest BCUT2D eigenvalue weighted by atomic mass is 9.96. The summed E-state index contributed by atoms with van der Waals surface area (Å²) in [6.45, 7) is 0. The molecule has 1 aliphatic carbocycles. The predicted octanol–water partition coefficient (Wildman–Crippen LogP) is 2.15. The minimum Gasteiger partial charge on any atom is -0.258 e. The van der Waals surface area contributed by atoms with Gasteiger partial charge in [-0.3, -0.25) is 10.1 Å². The van der Waals surface area contributed by atoms with E-state index < -0.39 is 10.3 Å². The number of benzene rings is 1. The summed E-state index contributed by atoms with van der Waals surface area (Å²) in [6, 6.07) is 8.64. The van der Waals surface area contributed by atoms with E-state index in [2.05, 4.69) is 6.07 Å². The first-order valence-electron chi connectivity index (χ1n) is 4.35. The number of nitrogens with zero attached hydrogens (tertiary/aromatic N) is 2. The molecule has 14 heavy (non-hydrogen) atoms. The summed E-state index contributed by atoms with van der Waals surface area (Å²) in [5.74, 6) is 0. The van der Waals surface area contributed by atoms with Gasteiger partial charge >= 0.3 is 0 Å². The molecule has 1 fully saturated rings. The van der Waals surface area contributed by atoms with Crippen molar-refractivity contribution in [1.82, 2.24) is 0 Å². The second-order valence-electron chi connectivity index (χ2n) is 3.47. The topological polar surface area (TPSA) is 66.9 Å². The van der Waals surface area contributed by atoms with Crippen molar-refractivity contribution in [1.29, 1.82) is 5.26 Å². The van der Waals surface area contributed by atoms with Crippen LogP contribution in [0.2, 0.25) is 0 Å². The summed E-state index contributed by atoms with van der Waals surface area (Å²) in [4.78, 5) is 10.3. The van der Waals surface area contributed by atoms with Crippen molar-refractivity contribution in [2.45, 2.75) is 18.3 Å². The van der Waals surface area contributed by atoms with Crippen LogP contribution in [0, 0.1) is 21.4 Å². The van der Waals surface area contributed by atoms with E-state index in [0.717, 1.165) is 12.8 Å². The zero-order valence-electron chi connectivity index (χ0n) is 7.43. The second-order valence-corrected chi connectivity index (χ2v) is 3.47. The first kappa shape index (κ1) is 8.70. The van der Waals surface area contributed by atoms with Crippen LogP contribution >= 0.6 is 0 Å². The predicted molar refractivity (Wildman–Crippen MR) is 49.6 cm³/mol. The van der Waals surface area contributed by atoms with Gasteiger partial charge in [0.2, 0.25) is 0 Å². The Morgan fingerprint density at radius 3 is 2.57 bits per heavy atom. The molecule has 0 saturated heterocycles. The molecule has 0 spiro atoms. The van der Waals surface area contributed by atoms with E-state index in [-0.39, 0.29) is 5.69 Å². The van der Waals surface area contributed by atoms with Crippen LogP contribution in [0.4, 0.5) is 5.69 Å². The molecule has 0 atom stereocenters. The van der Waals surface area contributed by atoms with Crippen LogP contribution in [0.5, 0.6) is 0 Å². The van der Waals surface area contributed by atoms with E-state index in [4.69, 9.17) is 5.26 Å². The van der Waals surface area contributed by atoms with Gasteiger partial charge in [-0.15, -0.1) is 0 Å². The van der Waals surface area contributed by atoms with Gasteiger partial charge in [0.25, 0.3) is 5.69 Å². The van der Waals surface area contributed by atoms with Gasteiger partial charge in [0.1, 0.15) is 0 Å². The molecule has 0 aromatic heterocycles. The number of hydrogen-bond donors (Lipinski definition) is 0. The fourth-order valence-corrected chi connectivity index (χ4v) is 1.60. The molecule has 0 aliphatic heterocycles. The van der Waals surface area contributed by atoms with Crippen LogP contribution in [0.1, 0.15) is 18.4 Å². The Kier molecular flexibility index (Phi) is 1.74. The number of nitriles is 1. The fourth-order valence-electron chi connectivity index (χ4n) is 1.60. The maximum absolute atomic E-state index is 10.7. The Morgan fingerprint density at radius 2 is 2.07 bits per heavy atom. The summed E-state index contributed by atoms with van der Waals surface area (Å²) < 4.78 is 0. The highest BCUT2D eigenvalue weighted by Crippen LogP contribution is 2.50. The lowest BCUT2D eigenvalue weighted by Crippen LogP contribution is -2.06. The van der Waals surface area contributed by atoms with Crippen LogP contribution in [0.3, 0.4) is 0 Å². The smallest absolute Gasteiger partial charge is 0.258 e. The van der Waals surface area contributed by atoms with E-state index >= 15 is 0 Å². The average molecular weight is 188 g/mol. The highest BCUT2D eigenvalue weighted by atomic mass is 16.6. The Bertz CT molecular complexity index is 430. The Morgan fingerprint density at radius 1 is 1.43 bits per heavy atom. The SMILES string of the molecule is N#CC1(c2ccccc2[N+](=O)[O-])CC1. The van der Waals surface area contributed by atoms with E-state index in [1.807, 2.05) is 0 Å². The maximum atomic E-state index is 10.7. The zero-order valence-corrected chi connectivity index (χ0v) is 7.43. The molecule has 70 valence electrons. The minimum atomic E-state index is -0.580. The Labute approximate surface area is 80.9 Å². The van der Waals surface area contributed by atoms with Crippen molar-refractivity contribution in [3.63, 3.8) is 0 Å². The van der Waals surface area contributed by atoms with Crippen molar-refractivity contribution in [3.05, 3.63) is 39.9 Å². The monoisotopic (exact) mass is 188 g/mol. The third-order valence-corrected chi connectivity index (χ3v) is 2.58. The van der Waals surface area contributed by atoms with Gasteiger partial charge in [-0.25, -0.2) is 0 Å². The molecule has 1 aliphatic rings. The van der Waals surface area contributed by atoms with Gasteiger partial charge in [-0.1, -0.05) is 18.2 Å². The van der Waals surface area contributed by atoms with E-state index in [0.29, 0.717) is 5.56 Å². The maximum Gasteiger partial charge on any atom is 0.274 e. The van der Waals surface area contributed by atoms with E-state index in [1.54, 1.807) is 18.2 Å². The summed E-state index contributed by atoms with van der Waals surface area (Å²) in [6.07, 6.45) is 1.46.